The van der Waals surface area contributed by atoms with Gasteiger partial charge in [0, 0.05) is 24.5 Å². The first-order valence-electron chi connectivity index (χ1n) is 9.93. The van der Waals surface area contributed by atoms with Gasteiger partial charge in [-0.3, -0.25) is 9.36 Å². The highest BCUT2D eigenvalue weighted by molar-refractivity contribution is 7.99. The van der Waals surface area contributed by atoms with E-state index in [0.29, 0.717) is 23.3 Å². The quantitative estimate of drug-likeness (QED) is 0.374. The van der Waals surface area contributed by atoms with Crippen molar-refractivity contribution in [3.8, 4) is 23.1 Å². The predicted molar refractivity (Wildman–Crippen MR) is 121 cm³/mol. The summed E-state index contributed by atoms with van der Waals surface area (Å²) in [5.41, 5.74) is 1.69. The number of carbonyl (C=O) groups is 1. The summed E-state index contributed by atoms with van der Waals surface area (Å²) in [4.78, 5) is 16.5. The Hall–Kier alpha value is -3.92. The molecule has 1 amide bonds. The van der Waals surface area contributed by atoms with Crippen LogP contribution in [0.4, 0.5) is 4.39 Å². The highest BCUT2D eigenvalue weighted by atomic mass is 32.2. The second-order valence-electron chi connectivity index (χ2n) is 6.81. The molecule has 8 nitrogen and oxygen atoms in total. The zero-order valence-corrected chi connectivity index (χ0v) is 18.5. The lowest BCUT2D eigenvalue weighted by molar-refractivity contribution is -0.118. The Kier molecular flexibility index (Phi) is 7.16. The summed E-state index contributed by atoms with van der Waals surface area (Å²) >= 11 is 1.29. The van der Waals surface area contributed by atoms with E-state index in [1.165, 1.54) is 36.0 Å². The number of nitrogens with zero attached hydrogens (tertiary/aromatic N) is 4. The Morgan fingerprint density at radius 1 is 1.09 bits per heavy atom. The Balaban J connectivity index is 1.30. The van der Waals surface area contributed by atoms with E-state index >= 15 is 0 Å². The number of carbonyl (C=O) groups excluding carboxylic acids is 1. The maximum absolute atomic E-state index is 13.0. The molecule has 4 aromatic rings. The van der Waals surface area contributed by atoms with Crippen molar-refractivity contribution < 1.29 is 18.7 Å². The van der Waals surface area contributed by atoms with Gasteiger partial charge in [-0.25, -0.2) is 9.37 Å². The molecule has 0 bridgehead atoms. The van der Waals surface area contributed by atoms with Crippen LogP contribution in [0.25, 0.3) is 5.69 Å². The van der Waals surface area contributed by atoms with Crippen LogP contribution in [0.15, 0.2) is 78.3 Å². The van der Waals surface area contributed by atoms with Crippen LogP contribution in [0.1, 0.15) is 5.56 Å². The molecular formula is C23H20FN5O3S. The SMILES string of the molecule is COc1ccc(-n2cnnc2SCC(=O)NCc2ccnc(Oc3ccc(F)cc3)c2)cc1. The van der Waals surface area contributed by atoms with Gasteiger partial charge in [0.05, 0.1) is 12.9 Å². The first-order chi connectivity index (χ1) is 16.1. The largest absolute Gasteiger partial charge is 0.497 e. The molecule has 0 saturated heterocycles. The molecular weight excluding hydrogens is 445 g/mol. The number of ether oxygens (including phenoxy) is 2. The van der Waals surface area contributed by atoms with Crippen LogP contribution in [0, 0.1) is 5.82 Å². The standard InChI is InChI=1S/C23H20FN5O3S/c1-31-19-8-4-18(5-9-19)29-15-27-28-23(29)33-14-21(30)26-13-16-10-11-25-22(12-16)32-20-6-2-17(24)3-7-20/h2-12,15H,13-14H2,1H3,(H,26,30). The number of pyridine rings is 1. The lowest BCUT2D eigenvalue weighted by atomic mass is 10.2. The molecule has 33 heavy (non-hydrogen) atoms. The van der Waals surface area contributed by atoms with Crippen LogP contribution in [-0.4, -0.2) is 38.5 Å². The summed E-state index contributed by atoms with van der Waals surface area (Å²) in [6.07, 6.45) is 3.19. The summed E-state index contributed by atoms with van der Waals surface area (Å²) in [5, 5.41) is 11.5. The molecule has 0 spiro atoms. The Morgan fingerprint density at radius 3 is 2.61 bits per heavy atom. The summed E-state index contributed by atoms with van der Waals surface area (Å²) in [7, 11) is 1.61. The summed E-state index contributed by atoms with van der Waals surface area (Å²) in [5.74, 6) is 1.27. The molecule has 0 unspecified atom stereocenters. The second kappa shape index (κ2) is 10.6. The smallest absolute Gasteiger partial charge is 0.230 e. The van der Waals surface area contributed by atoms with Crippen LogP contribution < -0.4 is 14.8 Å². The summed E-state index contributed by atoms with van der Waals surface area (Å²) in [6.45, 7) is 0.312. The molecule has 0 aliphatic heterocycles. The zero-order chi connectivity index (χ0) is 23.0. The number of amides is 1. The number of halogens is 1. The molecule has 2 aromatic carbocycles. The molecule has 0 aliphatic carbocycles. The topological polar surface area (TPSA) is 91.2 Å². The maximum atomic E-state index is 13.0. The molecule has 2 heterocycles. The zero-order valence-electron chi connectivity index (χ0n) is 17.6. The highest BCUT2D eigenvalue weighted by Crippen LogP contribution is 2.22. The number of hydrogen-bond donors (Lipinski definition) is 1. The maximum Gasteiger partial charge on any atom is 0.230 e. The van der Waals surface area contributed by atoms with Crippen LogP contribution in [0.2, 0.25) is 0 Å². The van der Waals surface area contributed by atoms with E-state index in [9.17, 15) is 9.18 Å². The molecule has 4 rings (SSSR count). The van der Waals surface area contributed by atoms with Gasteiger partial charge >= 0.3 is 0 Å². The van der Waals surface area contributed by atoms with Gasteiger partial charge in [0.1, 0.15) is 23.6 Å². The third-order valence-corrected chi connectivity index (χ3v) is 5.47. The lowest BCUT2D eigenvalue weighted by Crippen LogP contribution is -2.24. The van der Waals surface area contributed by atoms with Gasteiger partial charge in [0.15, 0.2) is 5.16 Å². The van der Waals surface area contributed by atoms with E-state index < -0.39 is 0 Å². The minimum absolute atomic E-state index is 0.151. The van der Waals surface area contributed by atoms with Crippen molar-refractivity contribution in [3.05, 3.63) is 84.6 Å². The second-order valence-corrected chi connectivity index (χ2v) is 7.75. The van der Waals surface area contributed by atoms with Crippen LogP contribution >= 0.6 is 11.8 Å². The molecule has 168 valence electrons. The average molecular weight is 466 g/mol. The fourth-order valence-corrected chi connectivity index (χ4v) is 3.62. The van der Waals surface area contributed by atoms with Crippen molar-refractivity contribution in [2.75, 3.05) is 12.9 Å². The Morgan fingerprint density at radius 2 is 1.85 bits per heavy atom. The van der Waals surface area contributed by atoms with Gasteiger partial charge in [-0.2, -0.15) is 0 Å². The number of thioether (sulfide) groups is 1. The fraction of sp³-hybridized carbons (Fsp3) is 0.130. The molecule has 0 aliphatic rings. The van der Waals surface area contributed by atoms with Gasteiger partial charge in [-0.05, 0) is 60.2 Å². The third-order valence-electron chi connectivity index (χ3n) is 4.52. The number of aromatic nitrogens is 4. The number of benzene rings is 2. The first-order valence-corrected chi connectivity index (χ1v) is 10.9. The van der Waals surface area contributed by atoms with Crippen LogP contribution in [0.3, 0.4) is 0 Å². The molecule has 0 saturated carbocycles. The van der Waals surface area contributed by atoms with Crippen molar-refractivity contribution in [1.82, 2.24) is 25.1 Å². The Labute approximate surface area is 193 Å². The molecule has 0 atom stereocenters. The highest BCUT2D eigenvalue weighted by Gasteiger charge is 2.11. The summed E-state index contributed by atoms with van der Waals surface area (Å²) in [6, 6.07) is 16.6. The number of hydrogen-bond acceptors (Lipinski definition) is 7. The van der Waals surface area contributed by atoms with Crippen molar-refractivity contribution in [3.63, 3.8) is 0 Å². The van der Waals surface area contributed by atoms with Crippen molar-refractivity contribution >= 4 is 17.7 Å². The minimum atomic E-state index is -0.341. The molecule has 0 fully saturated rings. The van der Waals surface area contributed by atoms with Gasteiger partial charge in [-0.1, -0.05) is 11.8 Å². The molecule has 1 N–H and O–H groups in total. The predicted octanol–water partition coefficient (Wildman–Crippen LogP) is 4.01. The van der Waals surface area contributed by atoms with E-state index in [1.54, 1.807) is 36.3 Å². The van der Waals surface area contributed by atoms with E-state index in [1.807, 2.05) is 24.3 Å². The van der Waals surface area contributed by atoms with Crippen molar-refractivity contribution in [2.45, 2.75) is 11.7 Å². The summed E-state index contributed by atoms with van der Waals surface area (Å²) < 4.78 is 25.6. The fourth-order valence-electron chi connectivity index (χ4n) is 2.86. The third kappa shape index (κ3) is 6.07. The van der Waals surface area contributed by atoms with Crippen LogP contribution in [0.5, 0.6) is 17.4 Å². The first kappa shape index (κ1) is 22.3. The van der Waals surface area contributed by atoms with E-state index in [0.717, 1.165) is 17.0 Å². The van der Waals surface area contributed by atoms with Gasteiger partial charge in [-0.15, -0.1) is 10.2 Å². The van der Waals surface area contributed by atoms with E-state index in [4.69, 9.17) is 9.47 Å². The van der Waals surface area contributed by atoms with Crippen molar-refractivity contribution in [2.24, 2.45) is 0 Å². The van der Waals surface area contributed by atoms with Gasteiger partial charge in [0.25, 0.3) is 0 Å². The lowest BCUT2D eigenvalue weighted by Gasteiger charge is -2.09. The number of nitrogens with one attached hydrogen (secondary N) is 1. The monoisotopic (exact) mass is 465 g/mol. The average Bonchev–Trinajstić information content (AvgIpc) is 3.32. The normalized spacial score (nSPS) is 10.6. The molecule has 2 aromatic heterocycles. The van der Waals surface area contributed by atoms with Crippen molar-refractivity contribution in [1.29, 1.82) is 0 Å². The van der Waals surface area contributed by atoms with Gasteiger partial charge < -0.3 is 14.8 Å². The Bertz CT molecular complexity index is 1220. The van der Waals surface area contributed by atoms with Crippen LogP contribution in [-0.2, 0) is 11.3 Å². The van der Waals surface area contributed by atoms with E-state index in [2.05, 4.69) is 20.5 Å². The number of methoxy groups -OCH3 is 1. The molecule has 10 heteroatoms. The van der Waals surface area contributed by atoms with E-state index in [-0.39, 0.29) is 17.5 Å². The minimum Gasteiger partial charge on any atom is -0.497 e. The van der Waals surface area contributed by atoms with Gasteiger partial charge in [0.2, 0.25) is 11.8 Å². The molecule has 0 radical (unpaired) electrons. The number of rotatable bonds is 9.